The van der Waals surface area contributed by atoms with Crippen LogP contribution in [0.2, 0.25) is 0 Å². The van der Waals surface area contributed by atoms with E-state index < -0.39 is 6.36 Å². The van der Waals surface area contributed by atoms with E-state index >= 15 is 0 Å². The number of halogens is 6. The summed E-state index contributed by atoms with van der Waals surface area (Å²) in [6.45, 7) is 32.7. The van der Waals surface area contributed by atoms with E-state index in [2.05, 4.69) is 129 Å². The van der Waals surface area contributed by atoms with E-state index in [1.54, 1.807) is 38.1 Å². The lowest BCUT2D eigenvalue weighted by atomic mass is 10.0. The maximum atomic E-state index is 12.8. The van der Waals surface area contributed by atoms with Crippen molar-refractivity contribution in [1.29, 1.82) is 0 Å². The summed E-state index contributed by atoms with van der Waals surface area (Å²) >= 11 is 0. The van der Waals surface area contributed by atoms with Gasteiger partial charge in [0.15, 0.2) is 0 Å². The Kier molecular flexibility index (Phi) is 26.1. The molecule has 7 heteroatoms. The van der Waals surface area contributed by atoms with Crippen molar-refractivity contribution in [3.05, 3.63) is 207 Å². The van der Waals surface area contributed by atoms with Crippen LogP contribution >= 0.6 is 0 Å². The van der Waals surface area contributed by atoms with Gasteiger partial charge in [0.1, 0.15) is 23.2 Å². The molecule has 6 aromatic carbocycles. The highest BCUT2D eigenvalue weighted by atomic mass is 19.4. The molecule has 0 aromatic heterocycles. The van der Waals surface area contributed by atoms with Gasteiger partial charge in [0, 0.05) is 0 Å². The zero-order valence-electron chi connectivity index (χ0n) is 42.3. The first-order valence-corrected chi connectivity index (χ1v) is 23.0. The fraction of sp³-hybridized carbons (Fsp3) is 0.390. The molecule has 0 bridgehead atoms. The van der Waals surface area contributed by atoms with Crippen molar-refractivity contribution in [3.63, 3.8) is 0 Å². The standard InChI is InChI=1S/C11H13F3O.2C10H13F.C10H14.C9H11F.C9H12/c1-7(2)9-4-5-10(8(3)6-9)15-11(12,13)14;1-7(2)9-4-8(3)5-10(11)6-9;1-7(2)9-4-5-10(11)8(3)6-9;1-8(2)10-6-4-9(3)5-7-10;1-7(2)8-3-5-9(10)6-4-8;1-8(2)9-6-4-3-5-7-9/h4-7H,1-3H3;2*4-7H,1-3H3;4-8H,1-3H3;3-7H,1-2H3;3-8H,1-2H3. The Balaban J connectivity index is 0.000000399. The van der Waals surface area contributed by atoms with Gasteiger partial charge in [-0.25, -0.2) is 13.2 Å². The fourth-order valence-electron chi connectivity index (χ4n) is 6.03. The molecule has 0 aliphatic heterocycles. The summed E-state index contributed by atoms with van der Waals surface area (Å²) in [6.07, 6.45) is -4.62. The van der Waals surface area contributed by atoms with Gasteiger partial charge in [0.2, 0.25) is 0 Å². The number of aryl methyl sites for hydroxylation is 4. The van der Waals surface area contributed by atoms with E-state index in [-0.39, 0.29) is 23.2 Å². The first-order valence-electron chi connectivity index (χ1n) is 23.0. The van der Waals surface area contributed by atoms with Crippen LogP contribution in [0.15, 0.2) is 133 Å². The summed E-state index contributed by atoms with van der Waals surface area (Å²) in [4.78, 5) is 0. The maximum Gasteiger partial charge on any atom is 0.573 e. The Morgan fingerprint density at radius 3 is 1.12 bits per heavy atom. The highest BCUT2D eigenvalue weighted by Gasteiger charge is 2.31. The molecule has 0 saturated heterocycles. The first-order chi connectivity index (χ1) is 30.7. The van der Waals surface area contributed by atoms with Crippen LogP contribution in [0, 0.1) is 45.1 Å². The second kappa shape index (κ2) is 29.4. The second-order valence-electron chi connectivity index (χ2n) is 18.4. The Morgan fingerprint density at radius 2 is 0.742 bits per heavy atom. The molecule has 0 atom stereocenters. The molecule has 0 radical (unpaired) electrons. The lowest BCUT2D eigenvalue weighted by molar-refractivity contribution is -0.274. The third-order valence-electron chi connectivity index (χ3n) is 10.4. The highest BCUT2D eigenvalue weighted by molar-refractivity contribution is 5.37. The van der Waals surface area contributed by atoms with Crippen molar-refractivity contribution in [3.8, 4) is 5.75 Å². The third kappa shape index (κ3) is 24.3. The number of ether oxygens (including phenoxy) is 1. The van der Waals surface area contributed by atoms with Gasteiger partial charge in [-0.3, -0.25) is 0 Å². The normalized spacial score (nSPS) is 10.8. The average Bonchev–Trinajstić information content (AvgIpc) is 3.23. The topological polar surface area (TPSA) is 9.23 Å². The van der Waals surface area contributed by atoms with Gasteiger partial charge in [0.25, 0.3) is 0 Å². The molecule has 0 unspecified atom stereocenters. The monoisotopic (exact) mass is 915 g/mol. The van der Waals surface area contributed by atoms with E-state index in [9.17, 15) is 26.3 Å². The van der Waals surface area contributed by atoms with E-state index in [0.29, 0.717) is 41.1 Å². The van der Waals surface area contributed by atoms with Crippen LogP contribution in [-0.2, 0) is 0 Å². The van der Waals surface area contributed by atoms with E-state index in [4.69, 9.17) is 0 Å². The molecule has 0 N–H and O–H groups in total. The molecule has 360 valence electrons. The van der Waals surface area contributed by atoms with E-state index in [0.717, 1.165) is 22.3 Å². The number of hydrogen-bond acceptors (Lipinski definition) is 1. The lowest BCUT2D eigenvalue weighted by Gasteiger charge is -2.13. The molecule has 0 amide bonds. The summed E-state index contributed by atoms with van der Waals surface area (Å²) in [6, 6.07) is 41.0. The van der Waals surface area contributed by atoms with Crippen LogP contribution < -0.4 is 4.74 Å². The fourth-order valence-corrected chi connectivity index (χ4v) is 6.03. The molecule has 0 saturated carbocycles. The number of benzene rings is 6. The van der Waals surface area contributed by atoms with Gasteiger partial charge < -0.3 is 4.74 Å². The smallest absolute Gasteiger partial charge is 0.406 e. The van der Waals surface area contributed by atoms with Gasteiger partial charge in [-0.05, 0) is 150 Å². The second-order valence-corrected chi connectivity index (χ2v) is 18.4. The minimum Gasteiger partial charge on any atom is -0.406 e. The minimum absolute atomic E-state index is 0.116. The summed E-state index contributed by atoms with van der Waals surface area (Å²) in [7, 11) is 0. The lowest BCUT2D eigenvalue weighted by Crippen LogP contribution is -2.17. The Hall–Kier alpha value is -5.30. The predicted molar refractivity (Wildman–Crippen MR) is 269 cm³/mol. The third-order valence-corrected chi connectivity index (χ3v) is 10.4. The van der Waals surface area contributed by atoms with Crippen LogP contribution in [0.3, 0.4) is 0 Å². The van der Waals surface area contributed by atoms with Crippen molar-refractivity contribution in [2.24, 2.45) is 0 Å². The van der Waals surface area contributed by atoms with Crippen LogP contribution in [-0.4, -0.2) is 6.36 Å². The minimum atomic E-state index is -4.62. The Labute approximate surface area is 394 Å². The Bertz CT molecular complexity index is 2170. The van der Waals surface area contributed by atoms with Gasteiger partial charge in [-0.2, -0.15) is 0 Å². The molecule has 66 heavy (non-hydrogen) atoms. The summed E-state index contributed by atoms with van der Waals surface area (Å²) < 4.78 is 77.6. The van der Waals surface area contributed by atoms with Gasteiger partial charge >= 0.3 is 6.36 Å². The molecule has 6 rings (SSSR count). The molecule has 0 heterocycles. The molecule has 0 aliphatic rings. The highest BCUT2D eigenvalue weighted by Crippen LogP contribution is 2.28. The number of rotatable bonds is 7. The zero-order valence-corrected chi connectivity index (χ0v) is 42.3. The molecule has 1 nitrogen and oxygen atoms in total. The van der Waals surface area contributed by atoms with Crippen molar-refractivity contribution in [2.75, 3.05) is 0 Å². The van der Waals surface area contributed by atoms with Crippen LogP contribution in [0.4, 0.5) is 26.3 Å². The molecule has 0 aliphatic carbocycles. The molecular weight excluding hydrogens is 839 g/mol. The number of alkyl halides is 3. The van der Waals surface area contributed by atoms with Crippen LogP contribution in [0.25, 0.3) is 0 Å². The summed E-state index contributed by atoms with van der Waals surface area (Å²) in [5.74, 6) is 2.44. The maximum absolute atomic E-state index is 12.8. The van der Waals surface area contributed by atoms with Crippen molar-refractivity contribution >= 4 is 0 Å². The predicted octanol–water partition coefficient (Wildman–Crippen LogP) is 19.4. The zero-order chi connectivity index (χ0) is 50.3. The van der Waals surface area contributed by atoms with Crippen molar-refractivity contribution in [1.82, 2.24) is 0 Å². The van der Waals surface area contributed by atoms with Crippen LogP contribution in [0.1, 0.15) is 174 Å². The Morgan fingerprint density at radius 1 is 0.348 bits per heavy atom. The summed E-state index contributed by atoms with van der Waals surface area (Å²) in [5.41, 5.74) is 10.9. The van der Waals surface area contributed by atoms with Gasteiger partial charge in [-0.15, -0.1) is 13.2 Å². The van der Waals surface area contributed by atoms with E-state index in [1.807, 2.05) is 57.2 Å². The molecule has 0 spiro atoms. The van der Waals surface area contributed by atoms with Gasteiger partial charge in [0.05, 0.1) is 0 Å². The summed E-state index contributed by atoms with van der Waals surface area (Å²) in [5, 5.41) is 0. The quantitative estimate of drug-likeness (QED) is 0.145. The van der Waals surface area contributed by atoms with Gasteiger partial charge in [-0.1, -0.05) is 186 Å². The van der Waals surface area contributed by atoms with Crippen LogP contribution in [0.5, 0.6) is 5.75 Å². The molecular formula is C59H76F6O. The van der Waals surface area contributed by atoms with Crippen molar-refractivity contribution in [2.45, 2.75) is 153 Å². The first kappa shape index (κ1) is 58.7. The molecule has 6 aromatic rings. The number of hydrogen-bond donors (Lipinski definition) is 0. The largest absolute Gasteiger partial charge is 0.573 e. The average molecular weight is 915 g/mol. The molecule has 0 fully saturated rings. The van der Waals surface area contributed by atoms with Crippen molar-refractivity contribution < 1.29 is 31.1 Å². The SMILES string of the molecule is CC(C)c1ccc(F)cc1.CC(C)c1ccccc1.Cc1cc(C(C)C)ccc1F.Cc1cc(C(C)C)ccc1OC(F)(F)F.Cc1cc(F)cc(C(C)C)c1.Cc1ccc(C(C)C)cc1. The van der Waals surface area contributed by atoms with E-state index in [1.165, 1.54) is 52.1 Å².